The Bertz CT molecular complexity index is 520. The van der Waals surface area contributed by atoms with E-state index < -0.39 is 0 Å². The Labute approximate surface area is 139 Å². The van der Waals surface area contributed by atoms with E-state index in [9.17, 15) is 4.79 Å². The third kappa shape index (κ3) is 4.45. The SMILES string of the molecule is Nc1cccc(C(=O)N2CCN(CCCN3CCCC3)CC2)c1. The summed E-state index contributed by atoms with van der Waals surface area (Å²) in [6, 6.07) is 7.28. The minimum atomic E-state index is 0.106. The zero-order valence-electron chi connectivity index (χ0n) is 13.9. The molecule has 2 N–H and O–H groups in total. The lowest BCUT2D eigenvalue weighted by Gasteiger charge is -2.35. The van der Waals surface area contributed by atoms with Crippen LogP contribution in [0.4, 0.5) is 5.69 Å². The Hall–Kier alpha value is -1.59. The van der Waals surface area contributed by atoms with Crippen LogP contribution in [0.2, 0.25) is 0 Å². The van der Waals surface area contributed by atoms with Crippen LogP contribution in [-0.4, -0.2) is 73.0 Å². The number of carbonyl (C=O) groups is 1. The lowest BCUT2D eigenvalue weighted by Crippen LogP contribution is -2.49. The van der Waals surface area contributed by atoms with Crippen LogP contribution in [-0.2, 0) is 0 Å². The summed E-state index contributed by atoms with van der Waals surface area (Å²) in [5.41, 5.74) is 7.12. The summed E-state index contributed by atoms with van der Waals surface area (Å²) in [6.07, 6.45) is 3.97. The Morgan fingerprint density at radius 3 is 2.26 bits per heavy atom. The molecule has 2 aliphatic rings. The second-order valence-corrected chi connectivity index (χ2v) is 6.66. The van der Waals surface area contributed by atoms with Crippen molar-refractivity contribution in [3.05, 3.63) is 29.8 Å². The lowest BCUT2D eigenvalue weighted by molar-refractivity contribution is 0.0633. The maximum atomic E-state index is 12.5. The summed E-state index contributed by atoms with van der Waals surface area (Å²) < 4.78 is 0. The van der Waals surface area contributed by atoms with Crippen molar-refractivity contribution < 1.29 is 4.79 Å². The van der Waals surface area contributed by atoms with Crippen LogP contribution in [0.5, 0.6) is 0 Å². The minimum absolute atomic E-state index is 0.106. The number of nitrogens with zero attached hydrogens (tertiary/aromatic N) is 3. The van der Waals surface area contributed by atoms with E-state index in [0.29, 0.717) is 11.3 Å². The van der Waals surface area contributed by atoms with E-state index in [-0.39, 0.29) is 5.91 Å². The first-order chi connectivity index (χ1) is 11.2. The standard InChI is InChI=1S/C18H28N4O/c19-17-6-3-5-16(15-17)18(23)22-13-11-21(12-14-22)10-4-9-20-7-1-2-8-20/h3,5-6,15H,1-2,4,7-14,19H2. The second kappa shape index (κ2) is 7.79. The summed E-state index contributed by atoms with van der Waals surface area (Å²) in [5.74, 6) is 0.106. The molecule has 5 nitrogen and oxygen atoms in total. The number of nitrogens with two attached hydrogens (primary N) is 1. The summed E-state index contributed by atoms with van der Waals surface area (Å²) >= 11 is 0. The number of rotatable bonds is 5. The number of nitrogen functional groups attached to an aromatic ring is 1. The number of carbonyl (C=O) groups excluding carboxylic acids is 1. The molecule has 1 aromatic rings. The van der Waals surface area contributed by atoms with Crippen LogP contribution < -0.4 is 5.73 Å². The molecule has 23 heavy (non-hydrogen) atoms. The van der Waals surface area contributed by atoms with Gasteiger partial charge in [-0.25, -0.2) is 0 Å². The zero-order chi connectivity index (χ0) is 16.1. The van der Waals surface area contributed by atoms with E-state index in [2.05, 4.69) is 9.80 Å². The number of hydrogen-bond acceptors (Lipinski definition) is 4. The van der Waals surface area contributed by atoms with Gasteiger partial charge in [-0.3, -0.25) is 9.69 Å². The summed E-state index contributed by atoms with van der Waals surface area (Å²) in [7, 11) is 0. The smallest absolute Gasteiger partial charge is 0.254 e. The third-order valence-electron chi connectivity index (χ3n) is 4.94. The molecule has 0 atom stereocenters. The first kappa shape index (κ1) is 16.3. The van der Waals surface area contributed by atoms with Gasteiger partial charge in [-0.2, -0.15) is 0 Å². The molecule has 3 rings (SSSR count). The van der Waals surface area contributed by atoms with Gasteiger partial charge in [0.2, 0.25) is 0 Å². The molecule has 2 fully saturated rings. The van der Waals surface area contributed by atoms with Crippen LogP contribution in [0.25, 0.3) is 0 Å². The third-order valence-corrected chi connectivity index (χ3v) is 4.94. The number of hydrogen-bond donors (Lipinski definition) is 1. The number of benzene rings is 1. The Morgan fingerprint density at radius 2 is 1.61 bits per heavy atom. The topological polar surface area (TPSA) is 52.8 Å². The highest BCUT2D eigenvalue weighted by Gasteiger charge is 2.22. The summed E-state index contributed by atoms with van der Waals surface area (Å²) in [5, 5.41) is 0. The maximum Gasteiger partial charge on any atom is 0.254 e. The molecule has 2 aliphatic heterocycles. The van der Waals surface area contributed by atoms with E-state index in [0.717, 1.165) is 32.7 Å². The average Bonchev–Trinajstić information content (AvgIpc) is 3.08. The van der Waals surface area contributed by atoms with Crippen molar-refractivity contribution in [2.24, 2.45) is 0 Å². The van der Waals surface area contributed by atoms with Crippen molar-refractivity contribution >= 4 is 11.6 Å². The predicted octanol–water partition coefficient (Wildman–Crippen LogP) is 1.51. The van der Waals surface area contributed by atoms with E-state index in [4.69, 9.17) is 5.73 Å². The van der Waals surface area contributed by atoms with E-state index in [1.807, 2.05) is 23.1 Å². The van der Waals surface area contributed by atoms with Crippen molar-refractivity contribution in [1.82, 2.24) is 14.7 Å². The molecule has 5 heteroatoms. The molecule has 0 unspecified atom stereocenters. The fraction of sp³-hybridized carbons (Fsp3) is 0.611. The molecule has 0 bridgehead atoms. The second-order valence-electron chi connectivity index (χ2n) is 6.66. The van der Waals surface area contributed by atoms with Gasteiger partial charge < -0.3 is 15.5 Å². The number of likely N-dealkylation sites (tertiary alicyclic amines) is 1. The highest BCUT2D eigenvalue weighted by atomic mass is 16.2. The molecule has 0 aromatic heterocycles. The van der Waals surface area contributed by atoms with Crippen molar-refractivity contribution in [3.8, 4) is 0 Å². The monoisotopic (exact) mass is 316 g/mol. The lowest BCUT2D eigenvalue weighted by atomic mass is 10.1. The van der Waals surface area contributed by atoms with Gasteiger partial charge in [-0.15, -0.1) is 0 Å². The van der Waals surface area contributed by atoms with Gasteiger partial charge in [0.05, 0.1) is 0 Å². The minimum Gasteiger partial charge on any atom is -0.399 e. The Kier molecular flexibility index (Phi) is 5.51. The molecule has 2 heterocycles. The van der Waals surface area contributed by atoms with Crippen LogP contribution in [0.15, 0.2) is 24.3 Å². The molecule has 0 radical (unpaired) electrons. The largest absolute Gasteiger partial charge is 0.399 e. The van der Waals surface area contributed by atoms with Gasteiger partial charge in [0, 0.05) is 37.4 Å². The summed E-state index contributed by atoms with van der Waals surface area (Å²) in [4.78, 5) is 19.5. The quantitative estimate of drug-likeness (QED) is 0.837. The van der Waals surface area contributed by atoms with Gasteiger partial charge in [0.25, 0.3) is 5.91 Å². The van der Waals surface area contributed by atoms with Crippen molar-refractivity contribution in [1.29, 1.82) is 0 Å². The molecule has 1 aromatic carbocycles. The van der Waals surface area contributed by atoms with Gasteiger partial charge in [0.15, 0.2) is 0 Å². The van der Waals surface area contributed by atoms with Crippen molar-refractivity contribution in [2.75, 3.05) is 58.1 Å². The van der Waals surface area contributed by atoms with Crippen molar-refractivity contribution in [2.45, 2.75) is 19.3 Å². The molecule has 0 saturated carbocycles. The first-order valence-corrected chi connectivity index (χ1v) is 8.82. The fourth-order valence-corrected chi connectivity index (χ4v) is 3.55. The maximum absolute atomic E-state index is 12.5. The van der Waals surface area contributed by atoms with E-state index >= 15 is 0 Å². The first-order valence-electron chi connectivity index (χ1n) is 8.82. The fourth-order valence-electron chi connectivity index (χ4n) is 3.55. The number of amides is 1. The Balaban J connectivity index is 1.40. The molecule has 0 aliphatic carbocycles. The molecule has 1 amide bonds. The number of anilines is 1. The molecule has 0 spiro atoms. The summed E-state index contributed by atoms with van der Waals surface area (Å²) in [6.45, 7) is 8.53. The predicted molar refractivity (Wildman–Crippen MR) is 93.5 cm³/mol. The number of piperazine rings is 1. The van der Waals surface area contributed by atoms with E-state index in [1.54, 1.807) is 6.07 Å². The zero-order valence-corrected chi connectivity index (χ0v) is 13.9. The van der Waals surface area contributed by atoms with Gasteiger partial charge >= 0.3 is 0 Å². The molecule has 2 saturated heterocycles. The molecular weight excluding hydrogens is 288 g/mol. The van der Waals surface area contributed by atoms with Crippen LogP contribution >= 0.6 is 0 Å². The highest BCUT2D eigenvalue weighted by molar-refractivity contribution is 5.95. The van der Waals surface area contributed by atoms with Gasteiger partial charge in [-0.05, 0) is 63.6 Å². The van der Waals surface area contributed by atoms with E-state index in [1.165, 1.54) is 38.9 Å². The van der Waals surface area contributed by atoms with Crippen LogP contribution in [0.1, 0.15) is 29.6 Å². The van der Waals surface area contributed by atoms with Gasteiger partial charge in [-0.1, -0.05) is 6.07 Å². The van der Waals surface area contributed by atoms with Crippen molar-refractivity contribution in [3.63, 3.8) is 0 Å². The average molecular weight is 316 g/mol. The molecular formula is C18H28N4O. The normalized spacial score (nSPS) is 20.1. The molecule has 126 valence electrons. The van der Waals surface area contributed by atoms with Gasteiger partial charge in [0.1, 0.15) is 0 Å². The Morgan fingerprint density at radius 1 is 0.957 bits per heavy atom. The van der Waals surface area contributed by atoms with Crippen LogP contribution in [0, 0.1) is 0 Å². The van der Waals surface area contributed by atoms with Crippen LogP contribution in [0.3, 0.4) is 0 Å². The highest BCUT2D eigenvalue weighted by Crippen LogP contribution is 2.13.